The molecule has 1 amide bonds. The Kier molecular flexibility index (Phi) is 4.78. The lowest BCUT2D eigenvalue weighted by molar-refractivity contribution is -0.532. The first-order valence-corrected chi connectivity index (χ1v) is 4.14. The van der Waals surface area contributed by atoms with Crippen LogP contribution in [0.15, 0.2) is 0 Å². The summed E-state index contributed by atoms with van der Waals surface area (Å²) < 4.78 is 136. The van der Waals surface area contributed by atoms with Gasteiger partial charge in [-0.15, -0.1) is 0 Å². The van der Waals surface area contributed by atoms with Crippen LogP contribution in [-0.2, 0) is 14.3 Å². The van der Waals surface area contributed by atoms with Crippen molar-refractivity contribution in [3.05, 3.63) is 0 Å². The van der Waals surface area contributed by atoms with Crippen molar-refractivity contribution in [2.75, 3.05) is 0 Å². The van der Waals surface area contributed by atoms with Gasteiger partial charge >= 0.3 is 36.5 Å². The fourth-order valence-corrected chi connectivity index (χ4v) is 0.549. The number of hydrogen-bond donors (Lipinski definition) is 1. The van der Waals surface area contributed by atoms with Crippen LogP contribution >= 0.6 is 0 Å². The Bertz CT molecular complexity index is 403. The standard InChI is InChI=1S/C6H2F11NO3/c7-2(8,1(18)19)20-5(14,15)6(16,17)21-4(12,13)3(9,10)11/h(H2,18,19). The van der Waals surface area contributed by atoms with E-state index < -0.39 is 36.5 Å². The predicted octanol–water partition coefficient (Wildman–Crippen LogP) is 2.44. The summed E-state index contributed by atoms with van der Waals surface area (Å²) in [6, 6.07) is 0. The van der Waals surface area contributed by atoms with Gasteiger partial charge in [0.05, 0.1) is 0 Å². The zero-order valence-corrected chi connectivity index (χ0v) is 8.96. The van der Waals surface area contributed by atoms with Crippen LogP contribution in [0.1, 0.15) is 0 Å². The summed E-state index contributed by atoms with van der Waals surface area (Å²) in [5.74, 6) is -3.04. The highest BCUT2D eigenvalue weighted by atomic mass is 19.4. The van der Waals surface area contributed by atoms with E-state index in [1.165, 1.54) is 4.74 Å². The summed E-state index contributed by atoms with van der Waals surface area (Å²) >= 11 is 0. The highest BCUT2D eigenvalue weighted by molar-refractivity contribution is 5.79. The minimum atomic E-state index is -6.88. The van der Waals surface area contributed by atoms with Crippen molar-refractivity contribution in [1.82, 2.24) is 0 Å². The zero-order chi connectivity index (χ0) is 17.5. The van der Waals surface area contributed by atoms with Gasteiger partial charge in [-0.25, -0.2) is 9.47 Å². The van der Waals surface area contributed by atoms with Gasteiger partial charge in [-0.3, -0.25) is 4.79 Å². The molecular formula is C6H2F11NO3. The second-order valence-electron chi connectivity index (χ2n) is 3.13. The second-order valence-corrected chi connectivity index (χ2v) is 3.13. The number of amides is 1. The van der Waals surface area contributed by atoms with E-state index in [0.717, 1.165) is 0 Å². The number of halogens is 11. The van der Waals surface area contributed by atoms with E-state index >= 15 is 0 Å². The molecule has 0 saturated carbocycles. The van der Waals surface area contributed by atoms with Crippen LogP contribution in [0, 0.1) is 0 Å². The van der Waals surface area contributed by atoms with Gasteiger partial charge in [0.15, 0.2) is 0 Å². The van der Waals surface area contributed by atoms with Gasteiger partial charge < -0.3 is 5.73 Å². The summed E-state index contributed by atoms with van der Waals surface area (Å²) in [7, 11) is 0. The molecule has 0 aliphatic rings. The molecule has 0 rings (SSSR count). The van der Waals surface area contributed by atoms with Crippen molar-refractivity contribution in [3.8, 4) is 0 Å². The van der Waals surface area contributed by atoms with E-state index in [1.54, 1.807) is 0 Å². The Morgan fingerprint density at radius 3 is 1.29 bits per heavy atom. The summed E-state index contributed by atoms with van der Waals surface area (Å²) in [6.45, 7) is 0. The normalized spacial score (nSPS) is 15.2. The lowest BCUT2D eigenvalue weighted by Gasteiger charge is -2.30. The van der Waals surface area contributed by atoms with Gasteiger partial charge in [0.25, 0.3) is 0 Å². The third kappa shape index (κ3) is 4.29. The van der Waals surface area contributed by atoms with Gasteiger partial charge in [-0.1, -0.05) is 0 Å². The van der Waals surface area contributed by atoms with Gasteiger partial charge in [0.2, 0.25) is 0 Å². The zero-order valence-electron chi connectivity index (χ0n) is 8.96. The Morgan fingerprint density at radius 2 is 1.00 bits per heavy atom. The first kappa shape index (κ1) is 19.6. The Labute approximate surface area is 106 Å². The number of primary amides is 1. The number of carbonyl (C=O) groups is 1. The molecule has 21 heavy (non-hydrogen) atoms. The van der Waals surface area contributed by atoms with Crippen molar-refractivity contribution >= 4 is 5.91 Å². The molecule has 0 saturated heterocycles. The minimum Gasteiger partial charge on any atom is -0.362 e. The van der Waals surface area contributed by atoms with Crippen molar-refractivity contribution in [2.24, 2.45) is 5.73 Å². The van der Waals surface area contributed by atoms with Crippen molar-refractivity contribution in [1.29, 1.82) is 0 Å². The third-order valence-corrected chi connectivity index (χ3v) is 1.47. The molecule has 0 aliphatic carbocycles. The van der Waals surface area contributed by atoms with Gasteiger partial charge in [0, 0.05) is 0 Å². The average molecular weight is 345 g/mol. The summed E-state index contributed by atoms with van der Waals surface area (Å²) in [4.78, 5) is 9.87. The molecular weight excluding hydrogens is 343 g/mol. The quantitative estimate of drug-likeness (QED) is 0.753. The second kappa shape index (κ2) is 5.11. The molecule has 4 nitrogen and oxygen atoms in total. The van der Waals surface area contributed by atoms with E-state index in [1.807, 2.05) is 4.74 Å². The Morgan fingerprint density at radius 1 is 0.667 bits per heavy atom. The van der Waals surface area contributed by atoms with Crippen LogP contribution in [0.4, 0.5) is 48.3 Å². The fraction of sp³-hybridized carbons (Fsp3) is 0.833. The Hall–Kier alpha value is -1.38. The van der Waals surface area contributed by atoms with E-state index in [0.29, 0.717) is 0 Å². The number of ether oxygens (including phenoxy) is 2. The predicted molar refractivity (Wildman–Crippen MR) is 37.2 cm³/mol. The van der Waals surface area contributed by atoms with Crippen molar-refractivity contribution in [3.63, 3.8) is 0 Å². The molecule has 0 aliphatic heterocycles. The number of rotatable bonds is 6. The van der Waals surface area contributed by atoms with Crippen LogP contribution in [0.25, 0.3) is 0 Å². The van der Waals surface area contributed by atoms with E-state index in [9.17, 15) is 53.1 Å². The smallest absolute Gasteiger partial charge is 0.362 e. The molecule has 0 aromatic carbocycles. The highest BCUT2D eigenvalue weighted by Crippen LogP contribution is 2.47. The van der Waals surface area contributed by atoms with Crippen LogP contribution < -0.4 is 5.73 Å². The lowest BCUT2D eigenvalue weighted by atomic mass is 10.5. The number of hydrogen-bond acceptors (Lipinski definition) is 3. The molecule has 0 radical (unpaired) electrons. The molecule has 0 bridgehead atoms. The van der Waals surface area contributed by atoms with Crippen molar-refractivity contribution in [2.45, 2.75) is 30.6 Å². The van der Waals surface area contributed by atoms with Crippen LogP contribution in [0.2, 0.25) is 0 Å². The summed E-state index contributed by atoms with van der Waals surface area (Å²) in [5, 5.41) is 0. The van der Waals surface area contributed by atoms with Gasteiger partial charge in [-0.2, -0.15) is 48.3 Å². The average Bonchev–Trinajstić information content (AvgIpc) is 2.11. The molecule has 15 heteroatoms. The van der Waals surface area contributed by atoms with E-state index in [2.05, 4.69) is 5.73 Å². The maximum absolute atomic E-state index is 12.5. The molecule has 0 aromatic rings. The molecule has 2 N–H and O–H groups in total. The van der Waals surface area contributed by atoms with Crippen LogP contribution in [0.5, 0.6) is 0 Å². The third-order valence-electron chi connectivity index (χ3n) is 1.47. The van der Waals surface area contributed by atoms with E-state index in [4.69, 9.17) is 0 Å². The highest BCUT2D eigenvalue weighted by Gasteiger charge is 2.73. The van der Waals surface area contributed by atoms with Gasteiger partial charge in [-0.05, 0) is 0 Å². The summed E-state index contributed by atoms with van der Waals surface area (Å²) in [6.07, 6.45) is -33.1. The largest absolute Gasteiger partial charge is 0.483 e. The summed E-state index contributed by atoms with van der Waals surface area (Å²) in [5.41, 5.74) is 3.76. The molecule has 126 valence electrons. The fourth-order valence-electron chi connectivity index (χ4n) is 0.549. The van der Waals surface area contributed by atoms with Crippen LogP contribution in [-0.4, -0.2) is 36.5 Å². The maximum Gasteiger partial charge on any atom is 0.483 e. The minimum absolute atomic E-state index is 1.53. The number of alkyl halides is 11. The molecule has 0 spiro atoms. The molecule has 0 unspecified atom stereocenters. The first-order valence-electron chi connectivity index (χ1n) is 4.14. The molecule has 0 atom stereocenters. The van der Waals surface area contributed by atoms with Crippen molar-refractivity contribution < 1.29 is 62.6 Å². The monoisotopic (exact) mass is 345 g/mol. The molecule has 0 aromatic heterocycles. The molecule has 0 fully saturated rings. The van der Waals surface area contributed by atoms with Gasteiger partial charge in [0.1, 0.15) is 0 Å². The topological polar surface area (TPSA) is 61.6 Å². The lowest BCUT2D eigenvalue weighted by Crippen LogP contribution is -2.56. The number of carbonyl (C=O) groups excluding carboxylic acids is 1. The molecule has 0 heterocycles. The first-order chi connectivity index (χ1) is 8.86. The maximum atomic E-state index is 12.5. The number of nitrogens with two attached hydrogens (primary N) is 1. The SMILES string of the molecule is NC(=O)C(F)(F)OC(F)(F)C(F)(F)OC(F)(F)C(F)(F)F. The van der Waals surface area contributed by atoms with E-state index in [-0.39, 0.29) is 0 Å². The van der Waals surface area contributed by atoms with Crippen LogP contribution in [0.3, 0.4) is 0 Å². The Balaban J connectivity index is 5.36.